The summed E-state index contributed by atoms with van der Waals surface area (Å²) < 4.78 is 4.61. The molecule has 0 heterocycles. The molecule has 0 radical (unpaired) electrons. The Kier molecular flexibility index (Phi) is 4.79. The first-order chi connectivity index (χ1) is 7.57. The monoisotopic (exact) mass is 242 g/mol. The van der Waals surface area contributed by atoms with Gasteiger partial charge in [0.15, 0.2) is 6.10 Å². The van der Waals surface area contributed by atoms with E-state index in [4.69, 9.17) is 0 Å². The van der Waals surface area contributed by atoms with E-state index in [1.165, 1.54) is 0 Å². The van der Waals surface area contributed by atoms with Gasteiger partial charge in [-0.25, -0.2) is 4.79 Å². The van der Waals surface area contributed by atoms with E-state index in [0.717, 1.165) is 0 Å². The highest BCUT2D eigenvalue weighted by Crippen LogP contribution is 2.24. The average Bonchev–Trinajstić information content (AvgIpc) is 2.28. The van der Waals surface area contributed by atoms with Crippen molar-refractivity contribution in [1.82, 2.24) is 0 Å². The molecule has 2 atom stereocenters. The van der Waals surface area contributed by atoms with Gasteiger partial charge < -0.3 is 14.9 Å². The predicted octanol–water partition coefficient (Wildman–Crippen LogP) is 0.933. The number of hydrogen-bond donors (Lipinski definition) is 3. The van der Waals surface area contributed by atoms with Crippen molar-refractivity contribution < 1.29 is 19.7 Å². The van der Waals surface area contributed by atoms with E-state index < -0.39 is 18.2 Å². The predicted molar refractivity (Wildman–Crippen MR) is 61.3 cm³/mol. The van der Waals surface area contributed by atoms with Gasteiger partial charge in [0.25, 0.3) is 0 Å². The molecule has 1 aromatic carbocycles. The number of esters is 1. The quantitative estimate of drug-likeness (QED) is 0.543. The molecule has 88 valence electrons. The summed E-state index contributed by atoms with van der Waals surface area (Å²) in [6.07, 6.45) is -2.92. The molecule has 2 unspecified atom stereocenters. The van der Waals surface area contributed by atoms with Crippen LogP contribution in [0.2, 0.25) is 0 Å². The number of aliphatic hydroxyl groups is 2. The van der Waals surface area contributed by atoms with Crippen LogP contribution in [0.1, 0.15) is 18.6 Å². The van der Waals surface area contributed by atoms with E-state index in [2.05, 4.69) is 17.4 Å². The van der Waals surface area contributed by atoms with Crippen LogP contribution in [-0.2, 0) is 9.53 Å². The van der Waals surface area contributed by atoms with E-state index in [1.54, 1.807) is 31.2 Å². The zero-order valence-corrected chi connectivity index (χ0v) is 9.72. The van der Waals surface area contributed by atoms with Crippen molar-refractivity contribution in [2.45, 2.75) is 24.0 Å². The fourth-order valence-electron chi connectivity index (χ4n) is 1.26. The summed E-state index contributed by atoms with van der Waals surface area (Å²) in [5, 5.41) is 19.3. The molecule has 0 saturated heterocycles. The summed E-state index contributed by atoms with van der Waals surface area (Å²) in [5.74, 6) is -0.841. The lowest BCUT2D eigenvalue weighted by Crippen LogP contribution is -2.30. The fraction of sp³-hybridized carbons (Fsp3) is 0.364. The van der Waals surface area contributed by atoms with Gasteiger partial charge in [-0.2, -0.15) is 0 Å². The van der Waals surface area contributed by atoms with Crippen LogP contribution in [0.5, 0.6) is 0 Å². The Labute approximate surface area is 99.3 Å². The van der Waals surface area contributed by atoms with Crippen molar-refractivity contribution in [3.05, 3.63) is 29.8 Å². The van der Waals surface area contributed by atoms with Crippen molar-refractivity contribution >= 4 is 18.6 Å². The Morgan fingerprint density at radius 1 is 1.44 bits per heavy atom. The number of benzene rings is 1. The Bertz CT molecular complexity index is 367. The van der Waals surface area contributed by atoms with Crippen LogP contribution in [-0.4, -0.2) is 28.9 Å². The lowest BCUT2D eigenvalue weighted by atomic mass is 10.0. The second kappa shape index (κ2) is 5.89. The summed E-state index contributed by atoms with van der Waals surface area (Å²) >= 11 is 4.13. The highest BCUT2D eigenvalue weighted by Gasteiger charge is 2.27. The molecule has 0 fully saturated rings. The first-order valence-corrected chi connectivity index (χ1v) is 5.33. The molecule has 1 rings (SSSR count). The minimum atomic E-state index is -1.59. The molecule has 4 nitrogen and oxygen atoms in total. The number of rotatable bonds is 4. The van der Waals surface area contributed by atoms with Gasteiger partial charge in [-0.3, -0.25) is 0 Å². The molecule has 0 aliphatic carbocycles. The molecule has 0 saturated carbocycles. The highest BCUT2D eigenvalue weighted by atomic mass is 32.1. The lowest BCUT2D eigenvalue weighted by Gasteiger charge is -2.17. The largest absolute Gasteiger partial charge is 0.464 e. The molecule has 0 aliphatic rings. The second-order valence-electron chi connectivity index (χ2n) is 3.20. The minimum absolute atomic E-state index is 0.158. The van der Waals surface area contributed by atoms with Crippen molar-refractivity contribution in [3.63, 3.8) is 0 Å². The van der Waals surface area contributed by atoms with Crippen molar-refractivity contribution in [3.8, 4) is 0 Å². The molecule has 0 spiro atoms. The number of ether oxygens (including phenoxy) is 1. The van der Waals surface area contributed by atoms with Crippen LogP contribution >= 0.6 is 12.6 Å². The summed E-state index contributed by atoms with van der Waals surface area (Å²) in [5.41, 5.74) is 0.395. The summed E-state index contributed by atoms with van der Waals surface area (Å²) in [4.78, 5) is 11.7. The van der Waals surface area contributed by atoms with Gasteiger partial charge in [-0.1, -0.05) is 18.2 Å². The smallest absolute Gasteiger partial charge is 0.338 e. The van der Waals surface area contributed by atoms with Crippen molar-refractivity contribution in [2.75, 3.05) is 6.61 Å². The molecular formula is C11H14O4S. The van der Waals surface area contributed by atoms with E-state index >= 15 is 0 Å². The maximum absolute atomic E-state index is 11.2. The standard InChI is InChI=1S/C11H14O4S/c1-2-15-11(14)10(13)9(12)7-5-3-4-6-8(7)16/h3-6,9-10,12-13,16H,2H2,1H3. The minimum Gasteiger partial charge on any atom is -0.464 e. The summed E-state index contributed by atoms with van der Waals surface area (Å²) in [6.45, 7) is 1.79. The van der Waals surface area contributed by atoms with Gasteiger partial charge in [0, 0.05) is 4.90 Å². The van der Waals surface area contributed by atoms with E-state index in [9.17, 15) is 15.0 Å². The summed E-state index contributed by atoms with van der Waals surface area (Å²) in [7, 11) is 0. The molecule has 16 heavy (non-hydrogen) atoms. The van der Waals surface area contributed by atoms with Gasteiger partial charge in [-0.15, -0.1) is 12.6 Å². The van der Waals surface area contributed by atoms with Gasteiger partial charge in [0.1, 0.15) is 6.10 Å². The van der Waals surface area contributed by atoms with Gasteiger partial charge in [0.2, 0.25) is 0 Å². The maximum Gasteiger partial charge on any atom is 0.338 e. The molecule has 1 aromatic rings. The van der Waals surface area contributed by atoms with Crippen LogP contribution in [0.15, 0.2) is 29.2 Å². The number of carbonyl (C=O) groups excluding carboxylic acids is 1. The number of hydrogen-bond acceptors (Lipinski definition) is 5. The van der Waals surface area contributed by atoms with Gasteiger partial charge >= 0.3 is 5.97 Å². The van der Waals surface area contributed by atoms with Crippen molar-refractivity contribution in [2.24, 2.45) is 0 Å². The molecule has 0 amide bonds. The van der Waals surface area contributed by atoms with Crippen LogP contribution in [0.25, 0.3) is 0 Å². The fourth-order valence-corrected chi connectivity index (χ4v) is 1.56. The third-order valence-electron chi connectivity index (χ3n) is 2.08. The SMILES string of the molecule is CCOC(=O)C(O)C(O)c1ccccc1S. The van der Waals surface area contributed by atoms with Crippen molar-refractivity contribution in [1.29, 1.82) is 0 Å². The highest BCUT2D eigenvalue weighted by molar-refractivity contribution is 7.80. The molecule has 5 heteroatoms. The molecule has 0 bridgehead atoms. The first-order valence-electron chi connectivity index (χ1n) is 4.88. The number of thiol groups is 1. The van der Waals surface area contributed by atoms with Crippen LogP contribution < -0.4 is 0 Å². The topological polar surface area (TPSA) is 66.8 Å². The van der Waals surface area contributed by atoms with Crippen LogP contribution in [0, 0.1) is 0 Å². The molecule has 0 aromatic heterocycles. The molecular weight excluding hydrogens is 228 g/mol. The van der Waals surface area contributed by atoms with E-state index in [1.807, 2.05) is 0 Å². The van der Waals surface area contributed by atoms with Gasteiger partial charge in [0.05, 0.1) is 6.61 Å². The average molecular weight is 242 g/mol. The number of aliphatic hydroxyl groups excluding tert-OH is 2. The third kappa shape index (κ3) is 2.98. The molecule has 0 aliphatic heterocycles. The zero-order chi connectivity index (χ0) is 12.1. The Morgan fingerprint density at radius 2 is 2.06 bits per heavy atom. The van der Waals surface area contributed by atoms with Gasteiger partial charge in [-0.05, 0) is 18.6 Å². The first kappa shape index (κ1) is 13.0. The van der Waals surface area contributed by atoms with E-state index in [0.29, 0.717) is 10.5 Å². The Balaban J connectivity index is 2.82. The zero-order valence-electron chi connectivity index (χ0n) is 8.83. The maximum atomic E-state index is 11.2. The Morgan fingerprint density at radius 3 is 2.62 bits per heavy atom. The van der Waals surface area contributed by atoms with E-state index in [-0.39, 0.29) is 6.61 Å². The van der Waals surface area contributed by atoms with Crippen LogP contribution in [0.3, 0.4) is 0 Å². The second-order valence-corrected chi connectivity index (χ2v) is 3.68. The lowest BCUT2D eigenvalue weighted by molar-refractivity contribution is -0.159. The summed E-state index contributed by atoms with van der Waals surface area (Å²) in [6, 6.07) is 6.69. The number of carbonyl (C=O) groups is 1. The Hall–Kier alpha value is -1.04. The third-order valence-corrected chi connectivity index (χ3v) is 2.49. The molecule has 2 N–H and O–H groups in total. The normalized spacial score (nSPS) is 14.2. The van der Waals surface area contributed by atoms with Crippen LogP contribution in [0.4, 0.5) is 0 Å².